The van der Waals surface area contributed by atoms with Gasteiger partial charge in [0.05, 0.1) is 4.90 Å². The van der Waals surface area contributed by atoms with Crippen LogP contribution in [0.25, 0.3) is 0 Å². The number of benzene rings is 1. The highest BCUT2D eigenvalue weighted by molar-refractivity contribution is 7.86. The summed E-state index contributed by atoms with van der Waals surface area (Å²) >= 11 is 0. The van der Waals surface area contributed by atoms with Crippen LogP contribution in [0.5, 0.6) is 0 Å². The number of alkyl halides is 1. The van der Waals surface area contributed by atoms with Crippen LogP contribution in [0.3, 0.4) is 0 Å². The van der Waals surface area contributed by atoms with E-state index in [1.54, 1.807) is 19.1 Å². The lowest BCUT2D eigenvalue weighted by Gasteiger charge is -2.19. The van der Waals surface area contributed by atoms with Gasteiger partial charge in [0.25, 0.3) is 10.1 Å². The van der Waals surface area contributed by atoms with Crippen LogP contribution in [0, 0.1) is 6.92 Å². The highest BCUT2D eigenvalue weighted by Crippen LogP contribution is 2.15. The number of methoxy groups -OCH3 is 1. The number of carbonyl (C=O) groups is 1. The highest BCUT2D eigenvalue weighted by atomic mass is 32.2. The van der Waals surface area contributed by atoms with Crippen molar-refractivity contribution in [3.63, 3.8) is 0 Å². The molecule has 1 aromatic rings. The van der Waals surface area contributed by atoms with E-state index >= 15 is 0 Å². The SMILES string of the molecule is COC(F)C(COS(=O)(=O)c1ccc(C)cc1)OC(C)=O. The number of ether oxygens (including phenoxy) is 2. The Labute approximate surface area is 122 Å². The monoisotopic (exact) mass is 320 g/mol. The first-order valence-corrected chi connectivity index (χ1v) is 7.47. The van der Waals surface area contributed by atoms with Gasteiger partial charge in [-0.25, -0.2) is 4.39 Å². The van der Waals surface area contributed by atoms with E-state index in [0.29, 0.717) is 0 Å². The number of esters is 1. The molecular formula is C13H17FO6S. The van der Waals surface area contributed by atoms with Crippen molar-refractivity contribution in [1.82, 2.24) is 0 Å². The average Bonchev–Trinajstić information content (AvgIpc) is 2.42. The topological polar surface area (TPSA) is 78.9 Å². The van der Waals surface area contributed by atoms with Crippen molar-refractivity contribution in [2.45, 2.75) is 31.2 Å². The molecule has 118 valence electrons. The predicted molar refractivity (Wildman–Crippen MR) is 71.8 cm³/mol. The van der Waals surface area contributed by atoms with Crippen molar-refractivity contribution in [2.24, 2.45) is 0 Å². The Balaban J connectivity index is 2.78. The second-order valence-electron chi connectivity index (χ2n) is 4.29. The standard InChI is InChI=1S/C13H17FO6S/c1-9-4-6-11(7-5-9)21(16,17)19-8-12(13(14)18-3)20-10(2)15/h4-7,12-13H,8H2,1-3H3. The van der Waals surface area contributed by atoms with Crippen LogP contribution in [0.15, 0.2) is 29.2 Å². The number of hydrogen-bond acceptors (Lipinski definition) is 6. The molecule has 0 aliphatic carbocycles. The summed E-state index contributed by atoms with van der Waals surface area (Å²) in [6, 6.07) is 5.95. The molecule has 0 N–H and O–H groups in total. The van der Waals surface area contributed by atoms with E-state index in [2.05, 4.69) is 9.47 Å². The summed E-state index contributed by atoms with van der Waals surface area (Å²) in [5, 5.41) is 0. The van der Waals surface area contributed by atoms with Gasteiger partial charge >= 0.3 is 5.97 Å². The first-order valence-electron chi connectivity index (χ1n) is 6.06. The van der Waals surface area contributed by atoms with Gasteiger partial charge in [-0.3, -0.25) is 8.98 Å². The van der Waals surface area contributed by atoms with E-state index in [1.165, 1.54) is 12.1 Å². The van der Waals surface area contributed by atoms with Crippen LogP contribution in [-0.2, 0) is 28.6 Å². The minimum absolute atomic E-state index is 0.0671. The summed E-state index contributed by atoms with van der Waals surface area (Å²) in [6.07, 6.45) is -3.45. The fourth-order valence-electron chi connectivity index (χ4n) is 1.46. The molecule has 0 fully saturated rings. The van der Waals surface area contributed by atoms with E-state index in [4.69, 9.17) is 4.18 Å². The van der Waals surface area contributed by atoms with E-state index < -0.39 is 35.2 Å². The van der Waals surface area contributed by atoms with Gasteiger partial charge in [-0.05, 0) is 19.1 Å². The molecule has 0 aliphatic rings. The normalized spacial score (nSPS) is 14.5. The minimum Gasteiger partial charge on any atom is -0.454 e. The Kier molecular flexibility index (Phi) is 6.25. The van der Waals surface area contributed by atoms with Crippen LogP contribution >= 0.6 is 0 Å². The van der Waals surface area contributed by atoms with Gasteiger partial charge in [-0.1, -0.05) is 17.7 Å². The van der Waals surface area contributed by atoms with Crippen LogP contribution in [0.1, 0.15) is 12.5 Å². The van der Waals surface area contributed by atoms with E-state index in [9.17, 15) is 17.6 Å². The smallest absolute Gasteiger partial charge is 0.303 e. The van der Waals surface area contributed by atoms with Crippen molar-refractivity contribution in [1.29, 1.82) is 0 Å². The summed E-state index contributed by atoms with van der Waals surface area (Å²) in [6.45, 7) is 2.20. The molecule has 0 saturated heterocycles. The van der Waals surface area contributed by atoms with Crippen molar-refractivity contribution in [3.05, 3.63) is 29.8 Å². The van der Waals surface area contributed by atoms with Gasteiger partial charge < -0.3 is 9.47 Å². The van der Waals surface area contributed by atoms with Crippen LogP contribution in [0.2, 0.25) is 0 Å². The zero-order valence-electron chi connectivity index (χ0n) is 11.9. The van der Waals surface area contributed by atoms with Gasteiger partial charge in [-0.15, -0.1) is 0 Å². The fraction of sp³-hybridized carbons (Fsp3) is 0.462. The molecule has 8 heteroatoms. The maximum Gasteiger partial charge on any atom is 0.303 e. The third-order valence-corrected chi connectivity index (χ3v) is 3.83. The number of halogens is 1. The van der Waals surface area contributed by atoms with Crippen LogP contribution < -0.4 is 0 Å². The van der Waals surface area contributed by atoms with Crippen molar-refractivity contribution >= 4 is 16.1 Å². The fourth-order valence-corrected chi connectivity index (χ4v) is 2.38. The first kappa shape index (κ1) is 17.5. The Hall–Kier alpha value is -1.51. The molecule has 0 radical (unpaired) electrons. The number of hydrogen-bond donors (Lipinski definition) is 0. The molecule has 1 aromatic carbocycles. The molecule has 0 heterocycles. The highest BCUT2D eigenvalue weighted by Gasteiger charge is 2.27. The van der Waals surface area contributed by atoms with Crippen molar-refractivity contribution in [2.75, 3.05) is 13.7 Å². The Morgan fingerprint density at radius 3 is 2.33 bits per heavy atom. The van der Waals surface area contributed by atoms with Crippen molar-refractivity contribution < 1.29 is 31.3 Å². The molecule has 21 heavy (non-hydrogen) atoms. The maximum atomic E-state index is 13.4. The Morgan fingerprint density at radius 2 is 1.86 bits per heavy atom. The molecule has 0 amide bonds. The van der Waals surface area contributed by atoms with Gasteiger partial charge in [0, 0.05) is 14.0 Å². The third-order valence-electron chi connectivity index (χ3n) is 2.53. The van der Waals surface area contributed by atoms with Gasteiger partial charge in [-0.2, -0.15) is 8.42 Å². The Bertz CT molecular complexity index is 569. The van der Waals surface area contributed by atoms with Gasteiger partial charge in [0.1, 0.15) is 6.61 Å². The molecule has 2 atom stereocenters. The molecule has 6 nitrogen and oxygen atoms in total. The minimum atomic E-state index is -4.06. The lowest BCUT2D eigenvalue weighted by molar-refractivity contribution is -0.168. The molecule has 0 saturated carbocycles. The molecule has 0 aliphatic heterocycles. The summed E-state index contributed by atoms with van der Waals surface area (Å²) in [5.41, 5.74) is 0.884. The summed E-state index contributed by atoms with van der Waals surface area (Å²) in [4.78, 5) is 10.8. The summed E-state index contributed by atoms with van der Waals surface area (Å²) < 4.78 is 51.0. The molecule has 1 rings (SSSR count). The van der Waals surface area contributed by atoms with Crippen LogP contribution in [0.4, 0.5) is 4.39 Å². The largest absolute Gasteiger partial charge is 0.454 e. The van der Waals surface area contributed by atoms with Gasteiger partial charge in [0.15, 0.2) is 6.10 Å². The van der Waals surface area contributed by atoms with Crippen LogP contribution in [-0.4, -0.2) is 40.6 Å². The van der Waals surface area contributed by atoms with Crippen molar-refractivity contribution in [3.8, 4) is 0 Å². The summed E-state index contributed by atoms with van der Waals surface area (Å²) in [7, 11) is -3.00. The molecule has 0 aromatic heterocycles. The average molecular weight is 320 g/mol. The predicted octanol–water partition coefficient (Wildman–Crippen LogP) is 1.57. The second kappa shape index (κ2) is 7.48. The molecular weight excluding hydrogens is 303 g/mol. The second-order valence-corrected chi connectivity index (χ2v) is 5.90. The zero-order chi connectivity index (χ0) is 16.0. The zero-order valence-corrected chi connectivity index (χ0v) is 12.7. The Morgan fingerprint density at radius 1 is 1.29 bits per heavy atom. The van der Waals surface area contributed by atoms with E-state index in [-0.39, 0.29) is 4.90 Å². The quantitative estimate of drug-likeness (QED) is 0.560. The number of rotatable bonds is 7. The van der Waals surface area contributed by atoms with E-state index in [0.717, 1.165) is 19.6 Å². The first-order chi connectivity index (χ1) is 9.76. The van der Waals surface area contributed by atoms with E-state index in [1.807, 2.05) is 0 Å². The van der Waals surface area contributed by atoms with Gasteiger partial charge in [0.2, 0.25) is 6.36 Å². The number of carbonyl (C=O) groups excluding carboxylic acids is 1. The third kappa shape index (κ3) is 5.41. The molecule has 0 bridgehead atoms. The number of aryl methyl sites for hydroxylation is 1. The molecule has 2 unspecified atom stereocenters. The maximum absolute atomic E-state index is 13.4. The lowest BCUT2D eigenvalue weighted by atomic mass is 10.2. The molecule has 0 spiro atoms. The lowest BCUT2D eigenvalue weighted by Crippen LogP contribution is -2.34. The summed E-state index contributed by atoms with van der Waals surface area (Å²) in [5.74, 6) is -0.768.